The summed E-state index contributed by atoms with van der Waals surface area (Å²) in [5.41, 5.74) is 0.708. The van der Waals surface area contributed by atoms with E-state index in [1.165, 1.54) is 12.8 Å². The van der Waals surface area contributed by atoms with E-state index in [9.17, 15) is 5.11 Å². The molecule has 1 aliphatic rings. The molecule has 20 heavy (non-hydrogen) atoms. The summed E-state index contributed by atoms with van der Waals surface area (Å²) in [4.78, 5) is 0. The Morgan fingerprint density at radius 1 is 1.30 bits per heavy atom. The molecule has 1 fully saturated rings. The Kier molecular flexibility index (Phi) is 6.43. The highest BCUT2D eigenvalue weighted by molar-refractivity contribution is 9.10. The van der Waals surface area contributed by atoms with E-state index in [1.54, 1.807) is 0 Å². The molecule has 0 bridgehead atoms. The first-order chi connectivity index (χ1) is 9.58. The largest absolute Gasteiger partial charge is 0.389 e. The SMILES string of the molecule is OC(CNc1ccc(Br)c(Cl)c1Cl)COC1CCCC1. The second-order valence-corrected chi connectivity index (χ2v) is 6.61. The van der Waals surface area contributed by atoms with E-state index in [-0.39, 0.29) is 0 Å². The van der Waals surface area contributed by atoms with E-state index < -0.39 is 6.10 Å². The van der Waals surface area contributed by atoms with Crippen LogP contribution in [-0.4, -0.2) is 30.5 Å². The fraction of sp³-hybridized carbons (Fsp3) is 0.571. The minimum atomic E-state index is -0.561. The lowest BCUT2D eigenvalue weighted by Crippen LogP contribution is -2.27. The van der Waals surface area contributed by atoms with Crippen molar-refractivity contribution in [1.29, 1.82) is 0 Å². The summed E-state index contributed by atoms with van der Waals surface area (Å²) in [6.07, 6.45) is 4.42. The predicted octanol–water partition coefficient (Wildman–Crippen LogP) is 4.49. The third-order valence-corrected chi connectivity index (χ3v) is 5.16. The topological polar surface area (TPSA) is 41.5 Å². The van der Waals surface area contributed by atoms with Gasteiger partial charge in [-0.3, -0.25) is 0 Å². The summed E-state index contributed by atoms with van der Waals surface area (Å²) < 4.78 is 6.42. The van der Waals surface area contributed by atoms with Crippen molar-refractivity contribution >= 4 is 44.8 Å². The normalized spacial score (nSPS) is 17.4. The first-order valence-corrected chi connectivity index (χ1v) is 8.30. The molecule has 0 heterocycles. The van der Waals surface area contributed by atoms with Crippen molar-refractivity contribution in [2.45, 2.75) is 37.9 Å². The maximum Gasteiger partial charge on any atom is 0.0945 e. The molecular formula is C14H18BrCl2NO2. The molecule has 2 N–H and O–H groups in total. The van der Waals surface area contributed by atoms with Gasteiger partial charge in [0, 0.05) is 11.0 Å². The van der Waals surface area contributed by atoms with Crippen LogP contribution < -0.4 is 5.32 Å². The number of halogens is 3. The monoisotopic (exact) mass is 381 g/mol. The van der Waals surface area contributed by atoms with Crippen LogP contribution >= 0.6 is 39.1 Å². The molecule has 0 aromatic heterocycles. The maximum atomic E-state index is 9.91. The zero-order chi connectivity index (χ0) is 14.5. The first kappa shape index (κ1) is 16.4. The van der Waals surface area contributed by atoms with Gasteiger partial charge in [0.2, 0.25) is 0 Å². The molecule has 6 heteroatoms. The van der Waals surface area contributed by atoms with Crippen molar-refractivity contribution in [2.24, 2.45) is 0 Å². The van der Waals surface area contributed by atoms with E-state index >= 15 is 0 Å². The molecule has 1 aliphatic carbocycles. The number of aliphatic hydroxyl groups excluding tert-OH is 1. The number of anilines is 1. The quantitative estimate of drug-likeness (QED) is 0.712. The molecule has 1 atom stereocenters. The molecule has 1 aromatic carbocycles. The number of rotatable bonds is 6. The Labute approximate surface area is 137 Å². The second-order valence-electron chi connectivity index (χ2n) is 5.00. The molecule has 0 saturated heterocycles. The smallest absolute Gasteiger partial charge is 0.0945 e. The Morgan fingerprint density at radius 2 is 2.00 bits per heavy atom. The van der Waals surface area contributed by atoms with Crippen LogP contribution in [-0.2, 0) is 4.74 Å². The fourth-order valence-corrected chi connectivity index (χ4v) is 3.09. The second kappa shape index (κ2) is 7.85. The molecular weight excluding hydrogens is 365 g/mol. The van der Waals surface area contributed by atoms with Crippen molar-refractivity contribution in [2.75, 3.05) is 18.5 Å². The molecule has 1 aromatic rings. The summed E-state index contributed by atoms with van der Waals surface area (Å²) in [6, 6.07) is 3.64. The van der Waals surface area contributed by atoms with Gasteiger partial charge in [-0.15, -0.1) is 0 Å². The van der Waals surface area contributed by atoms with E-state index in [4.69, 9.17) is 27.9 Å². The third kappa shape index (κ3) is 4.50. The van der Waals surface area contributed by atoms with Gasteiger partial charge in [-0.05, 0) is 40.9 Å². The summed E-state index contributed by atoms with van der Waals surface area (Å²) in [5, 5.41) is 13.9. The van der Waals surface area contributed by atoms with Crippen molar-refractivity contribution in [3.8, 4) is 0 Å². The molecule has 112 valence electrons. The lowest BCUT2D eigenvalue weighted by atomic mass is 10.3. The highest BCUT2D eigenvalue weighted by atomic mass is 79.9. The molecule has 0 amide bonds. The minimum absolute atomic E-state index is 0.315. The lowest BCUT2D eigenvalue weighted by molar-refractivity contribution is -0.00117. The van der Waals surface area contributed by atoms with Gasteiger partial charge in [-0.2, -0.15) is 0 Å². The van der Waals surface area contributed by atoms with Crippen LogP contribution in [0.3, 0.4) is 0 Å². The summed E-state index contributed by atoms with van der Waals surface area (Å²) >= 11 is 15.5. The van der Waals surface area contributed by atoms with Crippen LogP contribution in [0.1, 0.15) is 25.7 Å². The lowest BCUT2D eigenvalue weighted by Gasteiger charge is -2.17. The molecule has 0 radical (unpaired) electrons. The highest BCUT2D eigenvalue weighted by Crippen LogP contribution is 2.35. The van der Waals surface area contributed by atoms with Gasteiger partial charge < -0.3 is 15.2 Å². The van der Waals surface area contributed by atoms with E-state index in [1.807, 2.05) is 12.1 Å². The Morgan fingerprint density at radius 3 is 2.70 bits per heavy atom. The molecule has 2 rings (SSSR count). The number of nitrogens with one attached hydrogen (secondary N) is 1. The zero-order valence-corrected chi connectivity index (χ0v) is 14.1. The van der Waals surface area contributed by atoms with Crippen LogP contribution in [0.5, 0.6) is 0 Å². The van der Waals surface area contributed by atoms with Gasteiger partial charge in [0.15, 0.2) is 0 Å². The van der Waals surface area contributed by atoms with Crippen molar-refractivity contribution in [1.82, 2.24) is 0 Å². The summed E-state index contributed by atoms with van der Waals surface area (Å²) in [6.45, 7) is 0.726. The van der Waals surface area contributed by atoms with Crippen LogP contribution in [0.4, 0.5) is 5.69 Å². The summed E-state index contributed by atoms with van der Waals surface area (Å²) in [5.74, 6) is 0. The van der Waals surface area contributed by atoms with E-state index in [0.717, 1.165) is 17.3 Å². The Bertz CT molecular complexity index is 453. The predicted molar refractivity (Wildman–Crippen MR) is 86.9 cm³/mol. The maximum absolute atomic E-state index is 9.91. The van der Waals surface area contributed by atoms with Crippen molar-refractivity contribution in [3.63, 3.8) is 0 Å². The van der Waals surface area contributed by atoms with Crippen LogP contribution in [0, 0.1) is 0 Å². The Hall–Kier alpha value is -0.0000000000000000763. The number of aliphatic hydroxyl groups is 1. The first-order valence-electron chi connectivity index (χ1n) is 6.75. The zero-order valence-electron chi connectivity index (χ0n) is 11.0. The molecule has 1 saturated carbocycles. The molecule has 0 aliphatic heterocycles. The average Bonchev–Trinajstić information content (AvgIpc) is 2.95. The summed E-state index contributed by atoms with van der Waals surface area (Å²) in [7, 11) is 0. The van der Waals surface area contributed by atoms with E-state index in [2.05, 4.69) is 21.2 Å². The van der Waals surface area contributed by atoms with Crippen molar-refractivity contribution < 1.29 is 9.84 Å². The molecule has 3 nitrogen and oxygen atoms in total. The van der Waals surface area contributed by atoms with Gasteiger partial charge in [0.05, 0.1) is 34.5 Å². The number of hydrogen-bond acceptors (Lipinski definition) is 3. The Balaban J connectivity index is 1.78. The molecule has 0 spiro atoms. The van der Waals surface area contributed by atoms with Crippen LogP contribution in [0.15, 0.2) is 16.6 Å². The van der Waals surface area contributed by atoms with Gasteiger partial charge in [0.25, 0.3) is 0 Å². The van der Waals surface area contributed by atoms with Crippen LogP contribution in [0.2, 0.25) is 10.0 Å². The fourth-order valence-electron chi connectivity index (χ4n) is 2.25. The number of ether oxygens (including phenoxy) is 1. The van der Waals surface area contributed by atoms with Gasteiger partial charge in [-0.1, -0.05) is 36.0 Å². The average molecular weight is 383 g/mol. The molecule has 1 unspecified atom stereocenters. The van der Waals surface area contributed by atoms with Crippen LogP contribution in [0.25, 0.3) is 0 Å². The van der Waals surface area contributed by atoms with Crippen molar-refractivity contribution in [3.05, 3.63) is 26.7 Å². The van der Waals surface area contributed by atoms with Gasteiger partial charge >= 0.3 is 0 Å². The highest BCUT2D eigenvalue weighted by Gasteiger charge is 2.17. The van der Waals surface area contributed by atoms with Gasteiger partial charge in [0.1, 0.15) is 0 Å². The van der Waals surface area contributed by atoms with E-state index in [0.29, 0.717) is 35.0 Å². The standard InChI is InChI=1S/C14H18BrCl2NO2/c15-11-5-6-12(14(17)13(11)16)18-7-9(19)8-20-10-3-1-2-4-10/h5-6,9-10,18-19H,1-4,7-8H2. The number of hydrogen-bond donors (Lipinski definition) is 2. The number of benzene rings is 1. The minimum Gasteiger partial charge on any atom is -0.389 e. The van der Waals surface area contributed by atoms with Gasteiger partial charge in [-0.25, -0.2) is 0 Å². The third-order valence-electron chi connectivity index (χ3n) is 3.39.